The molecule has 5 rings (SSSR count). The van der Waals surface area contributed by atoms with Crippen molar-refractivity contribution in [2.75, 3.05) is 18.6 Å². The third kappa shape index (κ3) is 4.46. The van der Waals surface area contributed by atoms with Gasteiger partial charge in [0.1, 0.15) is 11.4 Å². The zero-order valence-corrected chi connectivity index (χ0v) is 21.7. The number of amides is 1. The number of rotatable bonds is 7. The number of anilines is 1. The number of carbonyl (C=O) groups is 1. The molecule has 0 bridgehead atoms. The highest BCUT2D eigenvalue weighted by atomic mass is 16.5. The molecule has 1 amide bonds. The topological polar surface area (TPSA) is 81.9 Å². The molecule has 190 valence electrons. The van der Waals surface area contributed by atoms with E-state index in [2.05, 4.69) is 18.8 Å². The summed E-state index contributed by atoms with van der Waals surface area (Å²) in [4.78, 5) is 33.6. The molecule has 2 aromatic heterocycles. The number of nitrogens with zero attached hydrogens (tertiary/aromatic N) is 2. The van der Waals surface area contributed by atoms with E-state index in [1.54, 1.807) is 31.5 Å². The summed E-state index contributed by atoms with van der Waals surface area (Å²) >= 11 is 0. The van der Waals surface area contributed by atoms with Gasteiger partial charge in [-0.2, -0.15) is 0 Å². The number of hydrogen-bond acceptors (Lipinski definition) is 6. The van der Waals surface area contributed by atoms with E-state index in [1.165, 1.54) is 4.90 Å². The molecule has 7 heteroatoms. The van der Waals surface area contributed by atoms with E-state index in [-0.39, 0.29) is 11.2 Å². The van der Waals surface area contributed by atoms with Gasteiger partial charge in [0.25, 0.3) is 5.91 Å². The number of methoxy groups -OCH3 is 1. The number of benzene rings is 2. The maximum Gasteiger partial charge on any atom is 0.296 e. The van der Waals surface area contributed by atoms with Crippen LogP contribution in [0.4, 0.5) is 5.82 Å². The van der Waals surface area contributed by atoms with Crippen LogP contribution in [0, 0.1) is 19.8 Å². The molecule has 4 aromatic rings. The molecule has 1 atom stereocenters. The quantitative estimate of drug-likeness (QED) is 0.311. The molecule has 1 aliphatic heterocycles. The molecular formula is C30H30N2O5. The molecule has 0 spiro atoms. The average molecular weight is 499 g/mol. The Labute approximate surface area is 215 Å². The van der Waals surface area contributed by atoms with Crippen LogP contribution in [-0.2, 0) is 0 Å². The van der Waals surface area contributed by atoms with Crippen LogP contribution in [0.15, 0.2) is 63.9 Å². The molecule has 1 unspecified atom stereocenters. The Morgan fingerprint density at radius 2 is 1.78 bits per heavy atom. The maximum atomic E-state index is 13.8. The van der Waals surface area contributed by atoms with E-state index >= 15 is 0 Å². The van der Waals surface area contributed by atoms with Gasteiger partial charge in [0, 0.05) is 6.20 Å². The number of ether oxygens (including phenoxy) is 2. The van der Waals surface area contributed by atoms with Gasteiger partial charge in [-0.3, -0.25) is 14.5 Å². The summed E-state index contributed by atoms with van der Waals surface area (Å²) in [7, 11) is 1.58. The van der Waals surface area contributed by atoms with Crippen LogP contribution >= 0.6 is 0 Å². The molecule has 1 aliphatic rings. The van der Waals surface area contributed by atoms with Crippen molar-refractivity contribution in [1.29, 1.82) is 0 Å². The Kier molecular flexibility index (Phi) is 6.46. The maximum absolute atomic E-state index is 13.8. The first-order chi connectivity index (χ1) is 17.8. The lowest BCUT2D eigenvalue weighted by Gasteiger charge is -2.25. The first kappa shape index (κ1) is 24.6. The third-order valence-electron chi connectivity index (χ3n) is 6.62. The standard InChI is InChI=1S/C30H30N2O5/c1-17(2)12-13-36-23-10-8-20(15-24(23)35-5)27-26-28(33)21-14-18(3)6-9-22(21)37-29(26)30(34)32(27)25-11-7-19(4)16-31-25/h6-11,14-17,27H,12-13H2,1-5H3. The number of fused-ring (bicyclic) bond motifs is 2. The Morgan fingerprint density at radius 3 is 2.49 bits per heavy atom. The second-order valence-corrected chi connectivity index (χ2v) is 9.89. The molecule has 0 radical (unpaired) electrons. The van der Waals surface area contributed by atoms with Crippen molar-refractivity contribution in [2.24, 2.45) is 5.92 Å². The fourth-order valence-electron chi connectivity index (χ4n) is 4.62. The second-order valence-electron chi connectivity index (χ2n) is 9.89. The minimum atomic E-state index is -0.738. The summed E-state index contributed by atoms with van der Waals surface area (Å²) in [6, 6.07) is 13.8. The molecule has 0 N–H and O–H groups in total. The van der Waals surface area contributed by atoms with Gasteiger partial charge in [0.15, 0.2) is 16.9 Å². The first-order valence-corrected chi connectivity index (χ1v) is 12.4. The van der Waals surface area contributed by atoms with Crippen LogP contribution in [0.3, 0.4) is 0 Å². The fraction of sp³-hybridized carbons (Fsp3) is 0.300. The lowest BCUT2D eigenvalue weighted by Crippen LogP contribution is -2.30. The van der Waals surface area contributed by atoms with Crippen molar-refractivity contribution in [1.82, 2.24) is 4.98 Å². The van der Waals surface area contributed by atoms with Gasteiger partial charge < -0.3 is 13.9 Å². The van der Waals surface area contributed by atoms with E-state index in [0.29, 0.717) is 51.9 Å². The van der Waals surface area contributed by atoms with Crippen molar-refractivity contribution in [3.63, 3.8) is 0 Å². The van der Waals surface area contributed by atoms with E-state index < -0.39 is 11.9 Å². The van der Waals surface area contributed by atoms with E-state index in [0.717, 1.165) is 17.5 Å². The van der Waals surface area contributed by atoms with Crippen molar-refractivity contribution in [3.8, 4) is 11.5 Å². The van der Waals surface area contributed by atoms with Crippen LogP contribution in [0.2, 0.25) is 0 Å². The van der Waals surface area contributed by atoms with E-state index in [4.69, 9.17) is 13.9 Å². The zero-order valence-electron chi connectivity index (χ0n) is 21.7. The third-order valence-corrected chi connectivity index (χ3v) is 6.62. The summed E-state index contributed by atoms with van der Waals surface area (Å²) in [5.74, 6) is 1.71. The number of hydrogen-bond donors (Lipinski definition) is 0. The lowest BCUT2D eigenvalue weighted by molar-refractivity contribution is 0.0970. The highest BCUT2D eigenvalue weighted by molar-refractivity contribution is 6.10. The van der Waals surface area contributed by atoms with Crippen molar-refractivity contribution >= 4 is 22.7 Å². The van der Waals surface area contributed by atoms with Gasteiger partial charge in [-0.1, -0.05) is 37.6 Å². The number of pyridine rings is 1. The summed E-state index contributed by atoms with van der Waals surface area (Å²) in [5, 5.41) is 0.441. The Balaban J connectivity index is 1.68. The van der Waals surface area contributed by atoms with E-state index in [1.807, 2.05) is 44.2 Å². The molecule has 37 heavy (non-hydrogen) atoms. The number of aromatic nitrogens is 1. The van der Waals surface area contributed by atoms with Crippen LogP contribution in [0.5, 0.6) is 11.5 Å². The zero-order chi connectivity index (χ0) is 26.3. The Bertz CT molecular complexity index is 1540. The first-order valence-electron chi connectivity index (χ1n) is 12.4. The van der Waals surface area contributed by atoms with Gasteiger partial charge in [0.2, 0.25) is 5.76 Å². The Morgan fingerprint density at radius 1 is 1.00 bits per heavy atom. The lowest BCUT2D eigenvalue weighted by atomic mass is 9.97. The van der Waals surface area contributed by atoms with Gasteiger partial charge in [0.05, 0.1) is 30.7 Å². The molecule has 7 nitrogen and oxygen atoms in total. The van der Waals surface area contributed by atoms with Crippen LogP contribution in [0.25, 0.3) is 11.0 Å². The predicted octanol–water partition coefficient (Wildman–Crippen LogP) is 5.99. The minimum absolute atomic E-state index is 0.0324. The van der Waals surface area contributed by atoms with E-state index in [9.17, 15) is 9.59 Å². The van der Waals surface area contributed by atoms with Gasteiger partial charge >= 0.3 is 0 Å². The van der Waals surface area contributed by atoms with Crippen molar-refractivity contribution in [3.05, 3.63) is 93.0 Å². The summed E-state index contributed by atoms with van der Waals surface area (Å²) in [6.45, 7) is 8.69. The highest BCUT2D eigenvalue weighted by Gasteiger charge is 2.44. The fourth-order valence-corrected chi connectivity index (χ4v) is 4.62. The molecule has 2 aromatic carbocycles. The largest absolute Gasteiger partial charge is 0.493 e. The number of aryl methyl sites for hydroxylation is 2. The predicted molar refractivity (Wildman–Crippen MR) is 143 cm³/mol. The van der Waals surface area contributed by atoms with Crippen LogP contribution in [0.1, 0.15) is 59.1 Å². The van der Waals surface area contributed by atoms with Crippen molar-refractivity contribution in [2.45, 2.75) is 40.2 Å². The monoisotopic (exact) mass is 498 g/mol. The summed E-state index contributed by atoms with van der Waals surface area (Å²) in [6.07, 6.45) is 2.61. The second kappa shape index (κ2) is 9.73. The molecule has 0 saturated carbocycles. The Hall–Kier alpha value is -4.13. The van der Waals surface area contributed by atoms with Crippen LogP contribution in [-0.4, -0.2) is 24.6 Å². The SMILES string of the molecule is COc1cc(C2c3c(oc4ccc(C)cc4c3=O)C(=O)N2c2ccc(C)cn2)ccc1OCCC(C)C. The number of carbonyl (C=O) groups excluding carboxylic acids is 1. The molecule has 0 saturated heterocycles. The average Bonchev–Trinajstić information content (AvgIpc) is 3.17. The smallest absolute Gasteiger partial charge is 0.296 e. The highest BCUT2D eigenvalue weighted by Crippen LogP contribution is 2.42. The summed E-state index contributed by atoms with van der Waals surface area (Å²) < 4.78 is 17.7. The molecule has 0 fully saturated rings. The minimum Gasteiger partial charge on any atom is -0.493 e. The molecule has 3 heterocycles. The van der Waals surface area contributed by atoms with Gasteiger partial charge in [-0.25, -0.2) is 4.98 Å². The molecular weight excluding hydrogens is 468 g/mol. The van der Waals surface area contributed by atoms with Crippen LogP contribution < -0.4 is 19.8 Å². The van der Waals surface area contributed by atoms with Gasteiger partial charge in [-0.15, -0.1) is 0 Å². The molecule has 0 aliphatic carbocycles. The normalized spacial score (nSPS) is 14.9. The van der Waals surface area contributed by atoms with Gasteiger partial charge in [-0.05, 0) is 67.6 Å². The summed E-state index contributed by atoms with van der Waals surface area (Å²) in [5.41, 5.74) is 3.03. The van der Waals surface area contributed by atoms with Crippen molar-refractivity contribution < 1.29 is 18.7 Å².